The Kier molecular flexibility index (Phi) is 3.42. The van der Waals surface area contributed by atoms with E-state index in [0.717, 1.165) is 18.4 Å². The molecule has 1 aromatic rings. The van der Waals surface area contributed by atoms with Gasteiger partial charge in [0.1, 0.15) is 12.7 Å². The molecule has 102 valence electrons. The van der Waals surface area contributed by atoms with Crippen molar-refractivity contribution in [2.24, 2.45) is 0 Å². The average molecular weight is 261 g/mol. The fourth-order valence-corrected chi connectivity index (χ4v) is 2.59. The summed E-state index contributed by atoms with van der Waals surface area (Å²) in [6.07, 6.45) is 2.41. The second-order valence-electron chi connectivity index (χ2n) is 5.33. The van der Waals surface area contributed by atoms with E-state index in [1.807, 2.05) is 30.3 Å². The van der Waals surface area contributed by atoms with Gasteiger partial charge in [0.25, 0.3) is 0 Å². The van der Waals surface area contributed by atoms with Crippen LogP contribution in [0, 0.1) is 0 Å². The maximum Gasteiger partial charge on any atom is 0.410 e. The molecule has 0 saturated carbocycles. The molecule has 0 spiro atoms. The summed E-state index contributed by atoms with van der Waals surface area (Å²) in [5.74, 6) is 0. The minimum absolute atomic E-state index is 0.229. The highest BCUT2D eigenvalue weighted by Crippen LogP contribution is 2.32. The van der Waals surface area contributed by atoms with E-state index in [2.05, 4.69) is 6.92 Å². The molecule has 2 saturated heterocycles. The van der Waals surface area contributed by atoms with Crippen LogP contribution >= 0.6 is 0 Å². The number of carbonyl (C=O) groups is 1. The van der Waals surface area contributed by atoms with Crippen LogP contribution in [0.25, 0.3) is 0 Å². The van der Waals surface area contributed by atoms with Gasteiger partial charge in [-0.05, 0) is 25.3 Å². The zero-order chi connectivity index (χ0) is 13.2. The van der Waals surface area contributed by atoms with Crippen molar-refractivity contribution in [3.05, 3.63) is 35.9 Å². The standard InChI is InChI=1S/C15H19NO3/c1-11-7-8-13-14(19-13)9-16(11)15(17)18-10-12-5-3-2-4-6-12/h2-6,11,13-14H,7-10H2,1H3. The average Bonchev–Trinajstić information content (AvgIpc) is 3.19. The highest BCUT2D eigenvalue weighted by molar-refractivity contribution is 5.68. The predicted molar refractivity (Wildman–Crippen MR) is 70.7 cm³/mol. The number of hydrogen-bond donors (Lipinski definition) is 0. The summed E-state index contributed by atoms with van der Waals surface area (Å²) < 4.78 is 10.9. The molecule has 0 radical (unpaired) electrons. The Morgan fingerprint density at radius 1 is 1.32 bits per heavy atom. The number of rotatable bonds is 2. The third-order valence-electron chi connectivity index (χ3n) is 3.90. The zero-order valence-corrected chi connectivity index (χ0v) is 11.1. The molecule has 1 amide bonds. The molecule has 4 heteroatoms. The van der Waals surface area contributed by atoms with Gasteiger partial charge in [-0.2, -0.15) is 0 Å². The van der Waals surface area contributed by atoms with Crippen molar-refractivity contribution < 1.29 is 14.3 Å². The molecule has 2 fully saturated rings. The second-order valence-corrected chi connectivity index (χ2v) is 5.33. The summed E-state index contributed by atoms with van der Waals surface area (Å²) in [6, 6.07) is 9.99. The lowest BCUT2D eigenvalue weighted by molar-refractivity contribution is 0.0774. The van der Waals surface area contributed by atoms with Gasteiger partial charge in [0.2, 0.25) is 0 Å². The zero-order valence-electron chi connectivity index (χ0n) is 11.1. The minimum atomic E-state index is -0.229. The maximum absolute atomic E-state index is 12.1. The Balaban J connectivity index is 1.56. The van der Waals surface area contributed by atoms with E-state index in [1.54, 1.807) is 4.90 Å². The van der Waals surface area contributed by atoms with Crippen molar-refractivity contribution in [3.8, 4) is 0 Å². The molecule has 3 atom stereocenters. The lowest BCUT2D eigenvalue weighted by Crippen LogP contribution is -2.40. The molecule has 19 heavy (non-hydrogen) atoms. The summed E-state index contributed by atoms with van der Waals surface area (Å²) >= 11 is 0. The number of nitrogens with zero attached hydrogens (tertiary/aromatic N) is 1. The van der Waals surface area contributed by atoms with Crippen LogP contribution in [0.3, 0.4) is 0 Å². The van der Waals surface area contributed by atoms with Crippen molar-refractivity contribution in [3.63, 3.8) is 0 Å². The summed E-state index contributed by atoms with van der Waals surface area (Å²) in [7, 11) is 0. The Morgan fingerprint density at radius 3 is 2.89 bits per heavy atom. The molecular weight excluding hydrogens is 242 g/mol. The van der Waals surface area contributed by atoms with E-state index in [-0.39, 0.29) is 18.2 Å². The van der Waals surface area contributed by atoms with Crippen LogP contribution in [0.1, 0.15) is 25.3 Å². The van der Waals surface area contributed by atoms with Gasteiger partial charge in [-0.3, -0.25) is 0 Å². The molecule has 0 aromatic heterocycles. The molecule has 0 N–H and O–H groups in total. The van der Waals surface area contributed by atoms with Crippen molar-refractivity contribution in [1.82, 2.24) is 4.90 Å². The van der Waals surface area contributed by atoms with Gasteiger partial charge in [0, 0.05) is 6.04 Å². The van der Waals surface area contributed by atoms with E-state index >= 15 is 0 Å². The summed E-state index contributed by atoms with van der Waals surface area (Å²) in [6.45, 7) is 3.08. The number of likely N-dealkylation sites (tertiary alicyclic amines) is 1. The van der Waals surface area contributed by atoms with E-state index in [4.69, 9.17) is 9.47 Å². The first kappa shape index (κ1) is 12.5. The fraction of sp³-hybridized carbons (Fsp3) is 0.533. The number of fused-ring (bicyclic) bond motifs is 1. The molecule has 0 aliphatic carbocycles. The highest BCUT2D eigenvalue weighted by Gasteiger charge is 2.44. The van der Waals surface area contributed by atoms with E-state index in [0.29, 0.717) is 19.3 Å². The quantitative estimate of drug-likeness (QED) is 0.768. The lowest BCUT2D eigenvalue weighted by Gasteiger charge is -2.26. The molecule has 2 heterocycles. The molecule has 4 nitrogen and oxygen atoms in total. The first-order valence-electron chi connectivity index (χ1n) is 6.87. The number of ether oxygens (including phenoxy) is 2. The molecule has 0 bridgehead atoms. The van der Waals surface area contributed by atoms with E-state index in [1.165, 1.54) is 0 Å². The van der Waals surface area contributed by atoms with Crippen LogP contribution < -0.4 is 0 Å². The number of hydrogen-bond acceptors (Lipinski definition) is 3. The van der Waals surface area contributed by atoms with Crippen LogP contribution in [0.5, 0.6) is 0 Å². The largest absolute Gasteiger partial charge is 0.445 e. The topological polar surface area (TPSA) is 42.1 Å². The van der Waals surface area contributed by atoms with E-state index in [9.17, 15) is 4.79 Å². The van der Waals surface area contributed by atoms with Gasteiger partial charge in [0.15, 0.2) is 0 Å². The van der Waals surface area contributed by atoms with Crippen LogP contribution in [0.2, 0.25) is 0 Å². The second kappa shape index (κ2) is 5.21. The van der Waals surface area contributed by atoms with Gasteiger partial charge in [0.05, 0.1) is 12.6 Å². The third-order valence-corrected chi connectivity index (χ3v) is 3.90. The van der Waals surface area contributed by atoms with Crippen molar-refractivity contribution in [2.45, 2.75) is 44.6 Å². The Hall–Kier alpha value is -1.55. The monoisotopic (exact) mass is 261 g/mol. The number of carbonyl (C=O) groups excluding carboxylic acids is 1. The molecule has 3 unspecified atom stereocenters. The summed E-state index contributed by atoms with van der Waals surface area (Å²) in [5.41, 5.74) is 1.01. The fourth-order valence-electron chi connectivity index (χ4n) is 2.59. The van der Waals surface area contributed by atoms with Gasteiger partial charge in [-0.25, -0.2) is 4.79 Å². The van der Waals surface area contributed by atoms with Gasteiger partial charge in [-0.1, -0.05) is 30.3 Å². The minimum Gasteiger partial charge on any atom is -0.445 e. The van der Waals surface area contributed by atoms with Crippen LogP contribution in [-0.2, 0) is 16.1 Å². The normalized spacial score (nSPS) is 29.3. The third kappa shape index (κ3) is 2.89. The number of amides is 1. The lowest BCUT2D eigenvalue weighted by atomic mass is 10.1. The molecule has 3 rings (SSSR count). The molecule has 1 aromatic carbocycles. The van der Waals surface area contributed by atoms with Gasteiger partial charge in [-0.15, -0.1) is 0 Å². The number of epoxide rings is 1. The van der Waals surface area contributed by atoms with Crippen molar-refractivity contribution >= 4 is 6.09 Å². The number of benzene rings is 1. The first-order valence-corrected chi connectivity index (χ1v) is 6.87. The van der Waals surface area contributed by atoms with Crippen LogP contribution in [0.4, 0.5) is 4.79 Å². The van der Waals surface area contributed by atoms with E-state index < -0.39 is 0 Å². The van der Waals surface area contributed by atoms with Crippen LogP contribution in [-0.4, -0.2) is 35.8 Å². The predicted octanol–water partition coefficient (Wildman–Crippen LogP) is 2.57. The first-order chi connectivity index (χ1) is 9.24. The Labute approximate surface area is 113 Å². The molecular formula is C15H19NO3. The maximum atomic E-state index is 12.1. The molecule has 2 aliphatic rings. The van der Waals surface area contributed by atoms with Crippen LogP contribution in [0.15, 0.2) is 30.3 Å². The van der Waals surface area contributed by atoms with Crippen molar-refractivity contribution in [2.75, 3.05) is 6.54 Å². The SMILES string of the molecule is CC1CCC2OC2CN1C(=O)OCc1ccccc1. The highest BCUT2D eigenvalue weighted by atomic mass is 16.6. The Morgan fingerprint density at radius 2 is 2.11 bits per heavy atom. The smallest absolute Gasteiger partial charge is 0.410 e. The summed E-state index contributed by atoms with van der Waals surface area (Å²) in [5, 5.41) is 0. The summed E-state index contributed by atoms with van der Waals surface area (Å²) in [4.78, 5) is 14.0. The molecule has 2 aliphatic heterocycles. The van der Waals surface area contributed by atoms with Gasteiger partial charge < -0.3 is 14.4 Å². The van der Waals surface area contributed by atoms with Crippen molar-refractivity contribution in [1.29, 1.82) is 0 Å². The Bertz CT molecular complexity index is 448. The van der Waals surface area contributed by atoms with Gasteiger partial charge >= 0.3 is 6.09 Å².